The molecule has 1 aromatic rings. The number of carbonyl (C=O) groups excluding carboxylic acids is 2. The average Bonchev–Trinajstić information content (AvgIpc) is 3.05. The van der Waals surface area contributed by atoms with Gasteiger partial charge in [-0.05, 0) is 36.0 Å². The summed E-state index contributed by atoms with van der Waals surface area (Å²) in [6.45, 7) is 8.08. The van der Waals surface area contributed by atoms with Crippen LogP contribution in [0, 0.1) is 0 Å². The molecule has 0 radical (unpaired) electrons. The fraction of sp³-hybridized carbons (Fsp3) is 0.579. The highest BCUT2D eigenvalue weighted by atomic mass is 16.5. The van der Waals surface area contributed by atoms with Crippen LogP contribution in [-0.4, -0.2) is 37.6 Å². The first kappa shape index (κ1) is 18.5. The first-order chi connectivity index (χ1) is 11.4. The first-order valence-corrected chi connectivity index (χ1v) is 8.63. The summed E-state index contributed by atoms with van der Waals surface area (Å²) in [5.74, 6) is -0.212. The third-order valence-corrected chi connectivity index (χ3v) is 4.20. The number of ether oxygens (including phenoxy) is 1. The van der Waals surface area contributed by atoms with Gasteiger partial charge in [-0.3, -0.25) is 9.59 Å². The van der Waals surface area contributed by atoms with Gasteiger partial charge in [-0.1, -0.05) is 32.9 Å². The summed E-state index contributed by atoms with van der Waals surface area (Å²) in [7, 11) is 0. The fourth-order valence-corrected chi connectivity index (χ4v) is 2.63. The van der Waals surface area contributed by atoms with Gasteiger partial charge in [-0.15, -0.1) is 0 Å². The van der Waals surface area contributed by atoms with Gasteiger partial charge in [-0.25, -0.2) is 0 Å². The molecule has 1 saturated heterocycles. The van der Waals surface area contributed by atoms with E-state index < -0.39 is 0 Å². The fourth-order valence-electron chi connectivity index (χ4n) is 2.63. The van der Waals surface area contributed by atoms with Gasteiger partial charge in [0.15, 0.2) is 0 Å². The molecule has 1 aromatic carbocycles. The van der Waals surface area contributed by atoms with Gasteiger partial charge in [-0.2, -0.15) is 0 Å². The van der Waals surface area contributed by atoms with E-state index in [0.29, 0.717) is 18.7 Å². The number of rotatable bonds is 6. The summed E-state index contributed by atoms with van der Waals surface area (Å²) in [5.41, 5.74) is 1.87. The van der Waals surface area contributed by atoms with Crippen LogP contribution in [0.1, 0.15) is 56.0 Å². The zero-order chi connectivity index (χ0) is 17.6. The maximum Gasteiger partial charge on any atom is 0.251 e. The summed E-state index contributed by atoms with van der Waals surface area (Å²) >= 11 is 0. The van der Waals surface area contributed by atoms with Crippen LogP contribution in [0.15, 0.2) is 24.3 Å². The van der Waals surface area contributed by atoms with Crippen molar-refractivity contribution in [2.45, 2.75) is 51.6 Å². The molecule has 0 spiro atoms. The second kappa shape index (κ2) is 8.29. The topological polar surface area (TPSA) is 67.4 Å². The lowest BCUT2D eigenvalue weighted by atomic mass is 9.87. The molecule has 1 aliphatic heterocycles. The Kier molecular flexibility index (Phi) is 6.37. The molecule has 1 atom stereocenters. The van der Waals surface area contributed by atoms with E-state index in [1.165, 1.54) is 5.56 Å². The van der Waals surface area contributed by atoms with Crippen molar-refractivity contribution in [1.82, 2.24) is 10.6 Å². The quantitative estimate of drug-likeness (QED) is 0.840. The Balaban J connectivity index is 1.69. The third kappa shape index (κ3) is 5.64. The summed E-state index contributed by atoms with van der Waals surface area (Å²) in [6, 6.07) is 7.60. The van der Waals surface area contributed by atoms with Crippen LogP contribution in [-0.2, 0) is 14.9 Å². The van der Waals surface area contributed by atoms with Gasteiger partial charge in [0, 0.05) is 31.7 Å². The second-order valence-corrected chi connectivity index (χ2v) is 7.27. The third-order valence-electron chi connectivity index (χ3n) is 4.20. The van der Waals surface area contributed by atoms with Gasteiger partial charge in [0.1, 0.15) is 0 Å². The minimum atomic E-state index is -0.151. The highest BCUT2D eigenvalue weighted by Crippen LogP contribution is 2.22. The standard InChI is InChI=1S/C19H28N2O3/c1-19(2,3)15-8-6-14(7-9-15)18(23)20-11-10-17(22)21-13-16-5-4-12-24-16/h6-9,16H,4-5,10-13H2,1-3H3,(H,20,23)(H,21,22). The molecule has 2 amide bonds. The molecule has 24 heavy (non-hydrogen) atoms. The molecule has 1 aliphatic rings. The second-order valence-electron chi connectivity index (χ2n) is 7.27. The normalized spacial score (nSPS) is 17.5. The molecule has 5 nitrogen and oxygen atoms in total. The lowest BCUT2D eigenvalue weighted by Crippen LogP contribution is -2.34. The largest absolute Gasteiger partial charge is 0.376 e. The minimum Gasteiger partial charge on any atom is -0.376 e. The highest BCUT2D eigenvalue weighted by molar-refractivity contribution is 5.94. The van der Waals surface area contributed by atoms with Gasteiger partial charge < -0.3 is 15.4 Å². The molecule has 1 unspecified atom stereocenters. The van der Waals surface area contributed by atoms with E-state index in [0.717, 1.165) is 19.4 Å². The molecule has 2 rings (SSSR count). The number of carbonyl (C=O) groups is 2. The maximum atomic E-state index is 12.1. The van der Waals surface area contributed by atoms with Crippen molar-refractivity contribution in [1.29, 1.82) is 0 Å². The number of hydrogen-bond donors (Lipinski definition) is 2. The summed E-state index contributed by atoms with van der Waals surface area (Å²) in [5, 5.41) is 5.63. The zero-order valence-electron chi connectivity index (χ0n) is 14.9. The molecule has 5 heteroatoms. The van der Waals surface area contributed by atoms with Crippen molar-refractivity contribution in [2.24, 2.45) is 0 Å². The first-order valence-electron chi connectivity index (χ1n) is 8.63. The van der Waals surface area contributed by atoms with Gasteiger partial charge in [0.2, 0.25) is 5.91 Å². The smallest absolute Gasteiger partial charge is 0.251 e. The van der Waals surface area contributed by atoms with E-state index in [9.17, 15) is 9.59 Å². The summed E-state index contributed by atoms with van der Waals surface area (Å²) < 4.78 is 5.45. The van der Waals surface area contributed by atoms with E-state index in [-0.39, 0.29) is 29.8 Å². The Morgan fingerprint density at radius 3 is 2.46 bits per heavy atom. The lowest BCUT2D eigenvalue weighted by Gasteiger charge is -2.19. The van der Waals surface area contributed by atoms with Crippen LogP contribution >= 0.6 is 0 Å². The molecule has 2 N–H and O–H groups in total. The van der Waals surface area contributed by atoms with E-state index in [1.807, 2.05) is 24.3 Å². The lowest BCUT2D eigenvalue weighted by molar-refractivity contribution is -0.121. The van der Waals surface area contributed by atoms with Crippen molar-refractivity contribution >= 4 is 11.8 Å². The van der Waals surface area contributed by atoms with Crippen molar-refractivity contribution in [3.8, 4) is 0 Å². The Bertz CT molecular complexity index is 555. The zero-order valence-corrected chi connectivity index (χ0v) is 14.9. The van der Waals surface area contributed by atoms with Crippen LogP contribution in [0.2, 0.25) is 0 Å². The molecule has 0 aliphatic carbocycles. The molecule has 1 fully saturated rings. The number of benzene rings is 1. The van der Waals surface area contributed by atoms with Crippen LogP contribution < -0.4 is 10.6 Å². The van der Waals surface area contributed by atoms with Gasteiger partial charge in [0.25, 0.3) is 5.91 Å². The Labute approximate surface area is 144 Å². The van der Waals surface area contributed by atoms with E-state index in [1.54, 1.807) is 0 Å². The molecule has 0 aromatic heterocycles. The Hall–Kier alpha value is -1.88. The van der Waals surface area contributed by atoms with E-state index >= 15 is 0 Å². The van der Waals surface area contributed by atoms with E-state index in [4.69, 9.17) is 4.74 Å². The van der Waals surface area contributed by atoms with Crippen molar-refractivity contribution in [3.63, 3.8) is 0 Å². The molecule has 0 bridgehead atoms. The SMILES string of the molecule is CC(C)(C)c1ccc(C(=O)NCCC(=O)NCC2CCCO2)cc1. The van der Waals surface area contributed by atoms with Crippen LogP contribution in [0.4, 0.5) is 0 Å². The molecular formula is C19H28N2O3. The van der Waals surface area contributed by atoms with Gasteiger partial charge >= 0.3 is 0 Å². The maximum absolute atomic E-state index is 12.1. The average molecular weight is 332 g/mol. The monoisotopic (exact) mass is 332 g/mol. The van der Waals surface area contributed by atoms with E-state index in [2.05, 4.69) is 31.4 Å². The summed E-state index contributed by atoms with van der Waals surface area (Å²) in [4.78, 5) is 23.8. The number of nitrogens with one attached hydrogen (secondary N) is 2. The van der Waals surface area contributed by atoms with Crippen LogP contribution in [0.3, 0.4) is 0 Å². The van der Waals surface area contributed by atoms with Crippen molar-refractivity contribution in [3.05, 3.63) is 35.4 Å². The predicted octanol–water partition coefficient (Wildman–Crippen LogP) is 2.40. The van der Waals surface area contributed by atoms with Crippen molar-refractivity contribution in [2.75, 3.05) is 19.7 Å². The minimum absolute atomic E-state index is 0.0612. The summed E-state index contributed by atoms with van der Waals surface area (Å²) in [6.07, 6.45) is 2.48. The highest BCUT2D eigenvalue weighted by Gasteiger charge is 2.16. The Morgan fingerprint density at radius 2 is 1.88 bits per heavy atom. The predicted molar refractivity (Wildman–Crippen MR) is 94.1 cm³/mol. The molecule has 0 saturated carbocycles. The van der Waals surface area contributed by atoms with Crippen LogP contribution in [0.5, 0.6) is 0 Å². The molecule has 1 heterocycles. The van der Waals surface area contributed by atoms with Crippen molar-refractivity contribution < 1.29 is 14.3 Å². The molecule has 132 valence electrons. The number of amides is 2. The van der Waals surface area contributed by atoms with Gasteiger partial charge in [0.05, 0.1) is 6.10 Å². The van der Waals surface area contributed by atoms with Crippen LogP contribution in [0.25, 0.3) is 0 Å². The number of hydrogen-bond acceptors (Lipinski definition) is 3. The molecular weight excluding hydrogens is 304 g/mol. The Morgan fingerprint density at radius 1 is 1.17 bits per heavy atom.